The van der Waals surface area contributed by atoms with E-state index in [1.54, 1.807) is 0 Å². The minimum atomic E-state index is -0.870. The number of aryl methyl sites for hydroxylation is 1. The molecular weight excluding hydrogens is 394 g/mol. The summed E-state index contributed by atoms with van der Waals surface area (Å²) in [5.74, 6) is -2.69. The smallest absolute Gasteiger partial charge is 0.274 e. The number of pyridine rings is 2. The Morgan fingerprint density at radius 2 is 1.57 bits per heavy atom. The topological polar surface area (TPSA) is 165 Å². The first-order valence-electron chi connectivity index (χ1n) is 8.63. The van der Waals surface area contributed by atoms with Crippen molar-refractivity contribution in [3.05, 3.63) is 62.7 Å². The number of phenolic OH excluding ortho intramolecular Hbond substituents is 4. The van der Waals surface area contributed by atoms with Crippen molar-refractivity contribution in [1.29, 1.82) is 0 Å². The Morgan fingerprint density at radius 1 is 0.933 bits per heavy atom. The van der Waals surface area contributed by atoms with Crippen molar-refractivity contribution in [2.45, 2.75) is 0 Å². The van der Waals surface area contributed by atoms with E-state index in [4.69, 9.17) is 0 Å². The highest BCUT2D eigenvalue weighted by atomic mass is 16.3. The summed E-state index contributed by atoms with van der Waals surface area (Å²) in [7, 11) is 1.36. The highest BCUT2D eigenvalue weighted by molar-refractivity contribution is 6.06. The van der Waals surface area contributed by atoms with Gasteiger partial charge in [0.15, 0.2) is 23.0 Å². The minimum absolute atomic E-state index is 0.0338. The number of rotatable bonds is 2. The molecule has 2 aromatic heterocycles. The molecule has 2 aromatic carbocycles. The van der Waals surface area contributed by atoms with Crippen LogP contribution in [0, 0.1) is 0 Å². The lowest BCUT2D eigenvalue weighted by molar-refractivity contribution is 0.102. The van der Waals surface area contributed by atoms with E-state index in [0.717, 1.165) is 4.57 Å². The second kappa shape index (κ2) is 6.55. The van der Waals surface area contributed by atoms with Crippen LogP contribution in [0.5, 0.6) is 23.0 Å². The Labute approximate surface area is 166 Å². The summed E-state index contributed by atoms with van der Waals surface area (Å²) >= 11 is 0. The van der Waals surface area contributed by atoms with Crippen LogP contribution in [0.15, 0.2) is 46.0 Å². The normalized spacial score (nSPS) is 11.1. The number of hydrogen-bond acceptors (Lipinski definition) is 7. The maximum Gasteiger partial charge on any atom is 0.274 e. The van der Waals surface area contributed by atoms with Gasteiger partial charge in [0, 0.05) is 17.8 Å². The lowest BCUT2D eigenvalue weighted by atomic mass is 10.1. The second-order valence-electron chi connectivity index (χ2n) is 6.66. The predicted molar refractivity (Wildman–Crippen MR) is 108 cm³/mol. The molecule has 0 saturated heterocycles. The van der Waals surface area contributed by atoms with Crippen molar-refractivity contribution < 1.29 is 25.2 Å². The van der Waals surface area contributed by atoms with Gasteiger partial charge < -0.3 is 35.3 Å². The Kier molecular flexibility index (Phi) is 4.12. The lowest BCUT2D eigenvalue weighted by Crippen LogP contribution is -2.28. The Bertz CT molecular complexity index is 1480. The lowest BCUT2D eigenvalue weighted by Gasteiger charge is -2.12. The number of nitrogens with zero attached hydrogens (tertiary/aromatic N) is 1. The molecule has 4 rings (SSSR count). The van der Waals surface area contributed by atoms with Crippen LogP contribution in [0.1, 0.15) is 10.4 Å². The number of phenols is 4. The monoisotopic (exact) mass is 409 g/mol. The maximum absolute atomic E-state index is 12.7. The van der Waals surface area contributed by atoms with Crippen LogP contribution in [-0.2, 0) is 7.05 Å². The molecule has 0 aliphatic rings. The number of benzene rings is 2. The Hall–Kier alpha value is -4.47. The highest BCUT2D eigenvalue weighted by Gasteiger charge is 2.18. The summed E-state index contributed by atoms with van der Waals surface area (Å²) in [6.45, 7) is 0. The number of aromatic hydroxyl groups is 4. The van der Waals surface area contributed by atoms with E-state index < -0.39 is 40.0 Å². The van der Waals surface area contributed by atoms with Gasteiger partial charge in [-0.1, -0.05) is 0 Å². The first kappa shape index (κ1) is 18.9. The van der Waals surface area contributed by atoms with Gasteiger partial charge in [0.2, 0.25) is 0 Å². The van der Waals surface area contributed by atoms with E-state index in [0.29, 0.717) is 10.8 Å². The molecule has 0 saturated carbocycles. The number of fused-ring (bicyclic) bond motifs is 2. The number of carbonyl (C=O) groups excluding carboxylic acids is 1. The summed E-state index contributed by atoms with van der Waals surface area (Å²) < 4.78 is 1.06. The molecule has 152 valence electrons. The summed E-state index contributed by atoms with van der Waals surface area (Å²) in [4.78, 5) is 39.9. The van der Waals surface area contributed by atoms with E-state index in [-0.39, 0.29) is 22.3 Å². The molecule has 0 aliphatic heterocycles. The van der Waals surface area contributed by atoms with Gasteiger partial charge in [-0.2, -0.15) is 0 Å². The Balaban J connectivity index is 1.80. The number of aromatic nitrogens is 2. The van der Waals surface area contributed by atoms with Crippen LogP contribution in [0.25, 0.3) is 21.8 Å². The van der Waals surface area contributed by atoms with Crippen LogP contribution in [-0.4, -0.2) is 35.9 Å². The van der Waals surface area contributed by atoms with Crippen molar-refractivity contribution in [2.75, 3.05) is 5.32 Å². The standard InChI is InChI=1S/C20H15N3O7/c1-23-15-9(3-5-13(25)17(15)27)7-11(20(23)30)21-18(28)10-6-8-2-4-12(24)16(26)14(8)22-19(10)29/h2-7,24-27H,1H3,(H,21,28)(H,22,29). The summed E-state index contributed by atoms with van der Waals surface area (Å²) in [5, 5.41) is 42.1. The Morgan fingerprint density at radius 3 is 2.27 bits per heavy atom. The predicted octanol–water partition coefficient (Wildman–Crippen LogP) is 1.45. The van der Waals surface area contributed by atoms with E-state index in [1.807, 2.05) is 0 Å². The minimum Gasteiger partial charge on any atom is -0.504 e. The zero-order chi connectivity index (χ0) is 21.7. The largest absolute Gasteiger partial charge is 0.504 e. The SMILES string of the molecule is Cn1c(=O)c(NC(=O)c2cc3ccc(O)c(O)c3[nH]c2=O)cc2ccc(O)c(O)c21. The number of H-pyrrole nitrogens is 1. The van der Waals surface area contributed by atoms with Crippen molar-refractivity contribution in [3.63, 3.8) is 0 Å². The van der Waals surface area contributed by atoms with Gasteiger partial charge in [-0.3, -0.25) is 14.4 Å². The van der Waals surface area contributed by atoms with Crippen molar-refractivity contribution >= 4 is 33.4 Å². The van der Waals surface area contributed by atoms with E-state index in [1.165, 1.54) is 43.4 Å². The van der Waals surface area contributed by atoms with Gasteiger partial charge in [0.1, 0.15) is 11.3 Å². The van der Waals surface area contributed by atoms with Crippen molar-refractivity contribution in [2.24, 2.45) is 7.05 Å². The number of amides is 1. The van der Waals surface area contributed by atoms with Crippen LogP contribution in [0.4, 0.5) is 5.69 Å². The van der Waals surface area contributed by atoms with Gasteiger partial charge in [0.05, 0.1) is 11.0 Å². The second-order valence-corrected chi connectivity index (χ2v) is 6.66. The molecule has 0 bridgehead atoms. The van der Waals surface area contributed by atoms with Gasteiger partial charge >= 0.3 is 0 Å². The van der Waals surface area contributed by atoms with Crippen molar-refractivity contribution in [1.82, 2.24) is 9.55 Å². The van der Waals surface area contributed by atoms with Crippen LogP contribution < -0.4 is 16.4 Å². The molecule has 6 N–H and O–H groups in total. The summed E-state index contributed by atoms with van der Waals surface area (Å²) in [6, 6.07) is 7.84. The molecule has 0 unspecified atom stereocenters. The third kappa shape index (κ3) is 2.78. The van der Waals surface area contributed by atoms with E-state index >= 15 is 0 Å². The summed E-state index contributed by atoms with van der Waals surface area (Å²) in [5.41, 5.74) is -1.92. The number of hydrogen-bond donors (Lipinski definition) is 6. The molecule has 30 heavy (non-hydrogen) atoms. The zero-order valence-corrected chi connectivity index (χ0v) is 15.4. The molecule has 10 heteroatoms. The average Bonchev–Trinajstić information content (AvgIpc) is 2.71. The molecule has 0 atom stereocenters. The highest BCUT2D eigenvalue weighted by Crippen LogP contribution is 2.33. The molecule has 0 spiro atoms. The quantitative estimate of drug-likeness (QED) is 0.273. The first-order valence-corrected chi connectivity index (χ1v) is 8.63. The molecule has 10 nitrogen and oxygen atoms in total. The maximum atomic E-state index is 12.7. The molecule has 4 aromatic rings. The molecule has 0 fully saturated rings. The fourth-order valence-corrected chi connectivity index (χ4v) is 3.25. The van der Waals surface area contributed by atoms with E-state index in [9.17, 15) is 34.8 Å². The van der Waals surface area contributed by atoms with Crippen LogP contribution in [0.3, 0.4) is 0 Å². The number of carbonyl (C=O) groups is 1. The molecular formula is C20H15N3O7. The van der Waals surface area contributed by atoms with Crippen LogP contribution >= 0.6 is 0 Å². The first-order chi connectivity index (χ1) is 14.2. The third-order valence-corrected chi connectivity index (χ3v) is 4.80. The van der Waals surface area contributed by atoms with Crippen LogP contribution in [0.2, 0.25) is 0 Å². The molecule has 0 aliphatic carbocycles. The fraction of sp³-hybridized carbons (Fsp3) is 0.0500. The van der Waals surface area contributed by atoms with Gasteiger partial charge in [-0.15, -0.1) is 0 Å². The zero-order valence-electron chi connectivity index (χ0n) is 15.4. The van der Waals surface area contributed by atoms with Gasteiger partial charge in [-0.05, 0) is 36.4 Å². The summed E-state index contributed by atoms with van der Waals surface area (Å²) in [6.07, 6.45) is 0. The number of anilines is 1. The number of nitrogens with one attached hydrogen (secondary N) is 2. The molecule has 0 radical (unpaired) electrons. The van der Waals surface area contributed by atoms with Crippen molar-refractivity contribution in [3.8, 4) is 23.0 Å². The molecule has 2 heterocycles. The third-order valence-electron chi connectivity index (χ3n) is 4.80. The fourth-order valence-electron chi connectivity index (χ4n) is 3.25. The molecule has 1 amide bonds. The number of aromatic amines is 1. The van der Waals surface area contributed by atoms with Gasteiger partial charge in [0.25, 0.3) is 17.0 Å². The average molecular weight is 409 g/mol. The van der Waals surface area contributed by atoms with Gasteiger partial charge in [-0.25, -0.2) is 0 Å². The van der Waals surface area contributed by atoms with E-state index in [2.05, 4.69) is 10.3 Å².